The highest BCUT2D eigenvalue weighted by Gasteiger charge is 2.55. The lowest BCUT2D eigenvalue weighted by molar-refractivity contribution is -0.265. The van der Waals surface area contributed by atoms with E-state index in [0.717, 1.165) is 54.7 Å². The molecule has 1 unspecified atom stereocenters. The van der Waals surface area contributed by atoms with Gasteiger partial charge >= 0.3 is 6.09 Å². The molecule has 1 saturated heterocycles. The van der Waals surface area contributed by atoms with E-state index in [4.69, 9.17) is 33.2 Å². The molecule has 2 amide bonds. The maximum atomic E-state index is 14.3. The number of rotatable bonds is 14. The molecule has 56 heavy (non-hydrogen) atoms. The monoisotopic (exact) mass is 762 g/mol. The lowest BCUT2D eigenvalue weighted by Crippen LogP contribution is -2.61. The number of carbonyl (C=O) groups excluding carboxylic acids is 2. The Morgan fingerprint density at radius 2 is 1.52 bits per heavy atom. The van der Waals surface area contributed by atoms with Gasteiger partial charge in [-0.25, -0.2) is 4.79 Å². The molecule has 4 aromatic carbocycles. The average molecular weight is 763 g/mol. The van der Waals surface area contributed by atoms with Gasteiger partial charge in [-0.2, -0.15) is 0 Å². The number of hydrogen-bond acceptors (Lipinski definition) is 9. The number of hydrogen-bond donors (Lipinski definition) is 1. The van der Waals surface area contributed by atoms with Crippen LogP contribution >= 0.6 is 0 Å². The Kier molecular flexibility index (Phi) is 9.68. The van der Waals surface area contributed by atoms with Crippen LogP contribution in [0.5, 0.6) is 0 Å². The van der Waals surface area contributed by atoms with Crippen molar-refractivity contribution < 1.29 is 42.7 Å². The Morgan fingerprint density at radius 1 is 0.857 bits per heavy atom. The highest BCUT2D eigenvalue weighted by Crippen LogP contribution is 2.55. The standard InChI is InChI=1S/C43H46N4O9/c1-43-39(51-4)31(45(2)42(49)55-25-26-12-6-5-7-13-26)24-32(56-43)46-29-16-10-8-14-27(29)33-35-36(34-28-15-9-11-17-30(28)47(43)38(34)37(33)46)41(44-40(35)48)54-23-22-53-21-20-52-19-18-50-3/h5-17,31-32,39,41H,18-25H2,1-4H3,(H,44,48)/t31-,32-,39-,41?,43+/m1/s1. The number of nitrogens with one attached hydrogen (secondary N) is 1. The van der Waals surface area contributed by atoms with Gasteiger partial charge in [-0.1, -0.05) is 66.7 Å². The van der Waals surface area contributed by atoms with E-state index in [2.05, 4.69) is 38.7 Å². The summed E-state index contributed by atoms with van der Waals surface area (Å²) in [6.07, 6.45) is -1.92. The summed E-state index contributed by atoms with van der Waals surface area (Å²) in [5.74, 6) is -0.202. The first-order valence-corrected chi connectivity index (χ1v) is 19.1. The molecule has 1 N–H and O–H groups in total. The number of ether oxygens (including phenoxy) is 7. The molecule has 5 heterocycles. The molecule has 292 valence electrons. The van der Waals surface area contributed by atoms with Crippen molar-refractivity contribution in [3.63, 3.8) is 0 Å². The summed E-state index contributed by atoms with van der Waals surface area (Å²) in [4.78, 5) is 29.8. The molecular weight excluding hydrogens is 716 g/mol. The fourth-order valence-corrected chi connectivity index (χ4v) is 9.19. The van der Waals surface area contributed by atoms with Crippen LogP contribution in [-0.2, 0) is 45.5 Å². The molecule has 2 bridgehead atoms. The number of aromatic nitrogens is 2. The van der Waals surface area contributed by atoms with Crippen molar-refractivity contribution >= 4 is 55.6 Å². The van der Waals surface area contributed by atoms with Crippen LogP contribution in [-0.4, -0.2) is 99.1 Å². The molecule has 2 aromatic heterocycles. The number of fused-ring (bicyclic) bond motifs is 13. The minimum atomic E-state index is -1.12. The number of methoxy groups -OCH3 is 2. The highest BCUT2D eigenvalue weighted by atomic mass is 16.6. The zero-order chi connectivity index (χ0) is 38.6. The number of para-hydroxylation sites is 2. The molecule has 9 rings (SSSR count). The van der Waals surface area contributed by atoms with Gasteiger partial charge in [-0.05, 0) is 24.6 Å². The Bertz CT molecular complexity index is 2440. The molecule has 0 saturated carbocycles. The molecule has 1 fully saturated rings. The predicted octanol–water partition coefficient (Wildman–Crippen LogP) is 6.60. The van der Waals surface area contributed by atoms with Crippen LogP contribution < -0.4 is 5.32 Å². The summed E-state index contributed by atoms with van der Waals surface area (Å²) in [7, 11) is 5.07. The van der Waals surface area contributed by atoms with Crippen LogP contribution in [0, 0.1) is 0 Å². The minimum absolute atomic E-state index is 0.148. The first-order valence-electron chi connectivity index (χ1n) is 19.1. The molecule has 3 aliphatic rings. The summed E-state index contributed by atoms with van der Waals surface area (Å²) >= 11 is 0. The molecule has 0 aliphatic carbocycles. The van der Waals surface area contributed by atoms with E-state index >= 15 is 0 Å². The third kappa shape index (κ3) is 5.75. The second-order valence-corrected chi connectivity index (χ2v) is 14.7. The number of benzene rings is 4. The van der Waals surface area contributed by atoms with Gasteiger partial charge in [0.1, 0.15) is 18.9 Å². The summed E-state index contributed by atoms with van der Waals surface area (Å²) in [6, 6.07) is 25.5. The van der Waals surface area contributed by atoms with E-state index in [0.29, 0.717) is 45.0 Å². The maximum Gasteiger partial charge on any atom is 0.410 e. The smallest absolute Gasteiger partial charge is 0.410 e. The van der Waals surface area contributed by atoms with Gasteiger partial charge in [0.2, 0.25) is 0 Å². The molecule has 13 heteroatoms. The number of nitrogens with zero attached hydrogens (tertiary/aromatic N) is 3. The van der Waals surface area contributed by atoms with Crippen LogP contribution in [0.15, 0.2) is 78.9 Å². The molecule has 5 atom stereocenters. The van der Waals surface area contributed by atoms with Crippen molar-refractivity contribution in [1.29, 1.82) is 0 Å². The van der Waals surface area contributed by atoms with Gasteiger partial charge in [-0.15, -0.1) is 0 Å². The van der Waals surface area contributed by atoms with Crippen molar-refractivity contribution in [3.05, 3.63) is 95.6 Å². The van der Waals surface area contributed by atoms with E-state index in [1.807, 2.05) is 61.5 Å². The summed E-state index contributed by atoms with van der Waals surface area (Å²) in [5, 5.41) is 6.78. The Morgan fingerprint density at radius 3 is 2.25 bits per heavy atom. The number of likely N-dealkylation sites (N-methyl/N-ethyl adjacent to an activating group) is 1. The first-order chi connectivity index (χ1) is 27.4. The van der Waals surface area contributed by atoms with Crippen LogP contribution in [0.25, 0.3) is 43.6 Å². The van der Waals surface area contributed by atoms with Crippen LogP contribution in [0.2, 0.25) is 0 Å². The zero-order valence-corrected chi connectivity index (χ0v) is 32.0. The normalized spacial score (nSPS) is 22.6. The van der Waals surface area contributed by atoms with Gasteiger partial charge in [-0.3, -0.25) is 4.79 Å². The second-order valence-electron chi connectivity index (χ2n) is 14.7. The third-order valence-electron chi connectivity index (χ3n) is 11.5. The fraction of sp³-hybridized carbons (Fsp3) is 0.395. The molecule has 6 aromatic rings. The van der Waals surface area contributed by atoms with Crippen molar-refractivity contribution in [3.8, 4) is 0 Å². The number of carbonyl (C=O) groups is 2. The topological polar surface area (TPSA) is 124 Å². The van der Waals surface area contributed by atoms with Crippen LogP contribution in [0.3, 0.4) is 0 Å². The van der Waals surface area contributed by atoms with Crippen molar-refractivity contribution in [2.24, 2.45) is 0 Å². The fourth-order valence-electron chi connectivity index (χ4n) is 9.19. The first kappa shape index (κ1) is 36.6. The van der Waals surface area contributed by atoms with Crippen molar-refractivity contribution in [2.75, 3.05) is 60.9 Å². The SMILES string of the molecule is COCCOCCOCCOC1NC(=O)c2c1c1c3ccccc3n3c1c1c2c2ccccc2n1[C@H]1C[C@@H](N(C)C(=O)OCc2ccccc2)[C@@H](OC)[C@]3(C)O1. The molecule has 0 radical (unpaired) electrons. The van der Waals surface area contributed by atoms with Crippen LogP contribution in [0.1, 0.15) is 47.3 Å². The molecule has 3 aliphatic heterocycles. The van der Waals surface area contributed by atoms with Gasteiger partial charge in [0, 0.05) is 54.8 Å². The van der Waals surface area contributed by atoms with Gasteiger partial charge in [0.25, 0.3) is 5.91 Å². The minimum Gasteiger partial charge on any atom is -0.445 e. The Hall–Kier alpha value is -5.02. The Balaban J connectivity index is 1.18. The average Bonchev–Trinajstić information content (AvgIpc) is 3.84. The second kappa shape index (κ2) is 14.8. The lowest BCUT2D eigenvalue weighted by atomic mass is 9.92. The molecule has 13 nitrogen and oxygen atoms in total. The van der Waals surface area contributed by atoms with Crippen molar-refractivity contribution in [1.82, 2.24) is 19.4 Å². The zero-order valence-electron chi connectivity index (χ0n) is 32.0. The van der Waals surface area contributed by atoms with E-state index in [1.165, 1.54) is 0 Å². The summed E-state index contributed by atoms with van der Waals surface area (Å²) in [5.41, 5.74) is 4.78. The van der Waals surface area contributed by atoms with Gasteiger partial charge in [0.05, 0.1) is 73.3 Å². The lowest BCUT2D eigenvalue weighted by Gasteiger charge is -2.50. The van der Waals surface area contributed by atoms with Gasteiger partial charge < -0.3 is 52.5 Å². The molecular formula is C43H46N4O9. The maximum absolute atomic E-state index is 14.3. The summed E-state index contributed by atoms with van der Waals surface area (Å²) < 4.78 is 46.8. The highest BCUT2D eigenvalue weighted by molar-refractivity contribution is 6.31. The largest absolute Gasteiger partial charge is 0.445 e. The number of amides is 2. The van der Waals surface area contributed by atoms with Gasteiger partial charge in [0.15, 0.2) is 12.0 Å². The van der Waals surface area contributed by atoms with Crippen molar-refractivity contribution in [2.45, 2.75) is 50.3 Å². The van der Waals surface area contributed by atoms with Crippen LogP contribution in [0.4, 0.5) is 4.79 Å². The van der Waals surface area contributed by atoms with E-state index in [-0.39, 0.29) is 19.1 Å². The van der Waals surface area contributed by atoms with E-state index < -0.39 is 36.4 Å². The third-order valence-corrected chi connectivity index (χ3v) is 11.5. The Labute approximate surface area is 323 Å². The molecule has 0 spiro atoms. The predicted molar refractivity (Wildman–Crippen MR) is 209 cm³/mol. The summed E-state index contributed by atoms with van der Waals surface area (Å²) in [6.45, 7) is 4.67. The van der Waals surface area contributed by atoms with E-state index in [9.17, 15) is 9.59 Å². The quantitative estimate of drug-likeness (QED) is 0.122. The van der Waals surface area contributed by atoms with E-state index in [1.54, 1.807) is 26.2 Å².